The minimum atomic E-state index is 0.393. The molecule has 1 saturated carbocycles. The zero-order valence-corrected chi connectivity index (χ0v) is 19.2. The number of hydrogen-bond acceptors (Lipinski definition) is 4. The molecule has 5 rings (SSSR count). The molecule has 2 fully saturated rings. The summed E-state index contributed by atoms with van der Waals surface area (Å²) < 4.78 is 5.31. The molecule has 3 aromatic heterocycles. The molecule has 2 N–H and O–H groups in total. The van der Waals surface area contributed by atoms with E-state index in [1.165, 1.54) is 48.2 Å². The molecule has 0 bridgehead atoms. The average molecular weight is 419 g/mol. The molecule has 31 heavy (non-hydrogen) atoms. The van der Waals surface area contributed by atoms with Crippen LogP contribution < -0.4 is 5.32 Å². The van der Waals surface area contributed by atoms with Gasteiger partial charge in [0, 0.05) is 40.2 Å². The first-order valence-electron chi connectivity index (χ1n) is 11.8. The number of fused-ring (bicyclic) bond motifs is 1. The monoisotopic (exact) mass is 418 g/mol. The lowest BCUT2D eigenvalue weighted by molar-refractivity contribution is -0.0121. The number of nitrogens with zero attached hydrogens (tertiary/aromatic N) is 2. The van der Waals surface area contributed by atoms with Gasteiger partial charge in [-0.05, 0) is 69.7 Å². The van der Waals surface area contributed by atoms with Gasteiger partial charge in [-0.25, -0.2) is 0 Å². The molecule has 1 aliphatic carbocycles. The first kappa shape index (κ1) is 20.7. The second-order valence-corrected chi connectivity index (χ2v) is 9.79. The van der Waals surface area contributed by atoms with Crippen LogP contribution in [-0.4, -0.2) is 40.2 Å². The number of aryl methyl sites for hydroxylation is 2. The number of aromatic nitrogens is 3. The normalized spacial score (nSPS) is 22.2. The Kier molecular flexibility index (Phi) is 5.57. The van der Waals surface area contributed by atoms with E-state index >= 15 is 0 Å². The lowest BCUT2D eigenvalue weighted by Gasteiger charge is -2.35. The van der Waals surface area contributed by atoms with Crippen molar-refractivity contribution in [3.8, 4) is 11.3 Å². The fraction of sp³-hybridized carbons (Fsp3) is 0.538. The van der Waals surface area contributed by atoms with E-state index in [2.05, 4.69) is 67.2 Å². The highest BCUT2D eigenvalue weighted by atomic mass is 16.5. The summed E-state index contributed by atoms with van der Waals surface area (Å²) in [5.74, 6) is 0.953. The van der Waals surface area contributed by atoms with E-state index in [1.807, 2.05) is 0 Å². The van der Waals surface area contributed by atoms with E-state index in [9.17, 15) is 0 Å². The van der Waals surface area contributed by atoms with Crippen LogP contribution in [0.3, 0.4) is 0 Å². The number of aromatic amines is 1. The number of nitrogens with one attached hydrogen (secondary N) is 2. The molecule has 4 heterocycles. The molecular formula is C26H34N4O. The van der Waals surface area contributed by atoms with Crippen LogP contribution in [0.15, 0.2) is 24.3 Å². The van der Waals surface area contributed by atoms with Crippen molar-refractivity contribution >= 4 is 11.0 Å². The highest BCUT2D eigenvalue weighted by molar-refractivity contribution is 5.88. The summed E-state index contributed by atoms with van der Waals surface area (Å²) in [5.41, 5.74) is 9.36. The number of hydrogen-bond donors (Lipinski definition) is 2. The molecule has 0 unspecified atom stereocenters. The number of ether oxygens (including phenoxy) is 1. The van der Waals surface area contributed by atoms with E-state index < -0.39 is 0 Å². The molecule has 1 saturated heterocycles. The molecule has 3 aromatic rings. The third-order valence-electron chi connectivity index (χ3n) is 6.90. The predicted molar refractivity (Wildman–Crippen MR) is 126 cm³/mol. The van der Waals surface area contributed by atoms with Gasteiger partial charge in [-0.2, -0.15) is 0 Å². The Morgan fingerprint density at radius 2 is 1.68 bits per heavy atom. The fourth-order valence-corrected chi connectivity index (χ4v) is 5.32. The van der Waals surface area contributed by atoms with Crippen molar-refractivity contribution in [3.05, 3.63) is 46.9 Å². The lowest BCUT2D eigenvalue weighted by Crippen LogP contribution is -2.51. The van der Waals surface area contributed by atoms with Crippen LogP contribution >= 0.6 is 0 Å². The fourth-order valence-electron chi connectivity index (χ4n) is 5.32. The maximum absolute atomic E-state index is 5.31. The van der Waals surface area contributed by atoms with E-state index in [1.54, 1.807) is 0 Å². The molecule has 0 amide bonds. The second kappa shape index (κ2) is 8.36. The van der Waals surface area contributed by atoms with Gasteiger partial charge in [0.1, 0.15) is 0 Å². The van der Waals surface area contributed by atoms with Gasteiger partial charge in [-0.15, -0.1) is 0 Å². The zero-order valence-electron chi connectivity index (χ0n) is 19.2. The van der Waals surface area contributed by atoms with Crippen molar-refractivity contribution in [1.82, 2.24) is 20.3 Å². The van der Waals surface area contributed by atoms with Crippen LogP contribution in [0.25, 0.3) is 22.3 Å². The first-order valence-corrected chi connectivity index (χ1v) is 11.8. The third-order valence-corrected chi connectivity index (χ3v) is 6.90. The van der Waals surface area contributed by atoms with Gasteiger partial charge in [-0.3, -0.25) is 9.97 Å². The molecule has 5 nitrogen and oxygen atoms in total. The molecule has 0 atom stereocenters. The Morgan fingerprint density at radius 1 is 0.968 bits per heavy atom. The summed E-state index contributed by atoms with van der Waals surface area (Å²) in [5, 5.41) is 3.76. The average Bonchev–Trinajstić information content (AvgIpc) is 3.09. The number of rotatable bonds is 5. The van der Waals surface area contributed by atoms with Crippen molar-refractivity contribution in [2.24, 2.45) is 0 Å². The van der Waals surface area contributed by atoms with Crippen molar-refractivity contribution in [3.63, 3.8) is 0 Å². The van der Waals surface area contributed by atoms with Crippen molar-refractivity contribution in [2.75, 3.05) is 13.2 Å². The SMILES string of the molecule is Cc1cc(-c2[nH]c3ccc(C4CCC(NC5COC5)CC4)nc3c2C(C)C)cc(C)n1. The minimum absolute atomic E-state index is 0.393. The Balaban J connectivity index is 1.43. The first-order chi connectivity index (χ1) is 15.0. The largest absolute Gasteiger partial charge is 0.378 e. The summed E-state index contributed by atoms with van der Waals surface area (Å²) in [6.07, 6.45) is 4.87. The smallest absolute Gasteiger partial charge is 0.0923 e. The number of H-pyrrole nitrogens is 1. The third kappa shape index (κ3) is 4.13. The summed E-state index contributed by atoms with van der Waals surface area (Å²) in [4.78, 5) is 13.5. The molecule has 0 aromatic carbocycles. The summed E-state index contributed by atoms with van der Waals surface area (Å²) >= 11 is 0. The Bertz CT molecular complexity index is 1050. The molecular weight excluding hydrogens is 384 g/mol. The predicted octanol–water partition coefficient (Wildman–Crippen LogP) is 5.38. The topological polar surface area (TPSA) is 62.8 Å². The summed E-state index contributed by atoms with van der Waals surface area (Å²) in [6.45, 7) is 10.4. The molecule has 164 valence electrons. The van der Waals surface area contributed by atoms with Gasteiger partial charge in [0.2, 0.25) is 0 Å². The zero-order chi connectivity index (χ0) is 21.5. The van der Waals surface area contributed by atoms with Crippen LogP contribution in [0.2, 0.25) is 0 Å². The molecule has 0 radical (unpaired) electrons. The van der Waals surface area contributed by atoms with Crippen LogP contribution in [0.5, 0.6) is 0 Å². The van der Waals surface area contributed by atoms with Crippen LogP contribution in [0, 0.1) is 13.8 Å². The number of pyridine rings is 2. The molecule has 2 aliphatic rings. The highest BCUT2D eigenvalue weighted by Crippen LogP contribution is 2.38. The van der Waals surface area contributed by atoms with Gasteiger partial charge in [0.25, 0.3) is 0 Å². The van der Waals surface area contributed by atoms with E-state index in [0.717, 1.165) is 35.6 Å². The van der Waals surface area contributed by atoms with E-state index in [-0.39, 0.29) is 0 Å². The van der Waals surface area contributed by atoms with E-state index in [0.29, 0.717) is 23.9 Å². The van der Waals surface area contributed by atoms with Crippen LogP contribution in [0.1, 0.15) is 74.0 Å². The van der Waals surface area contributed by atoms with E-state index in [4.69, 9.17) is 9.72 Å². The van der Waals surface area contributed by atoms with Gasteiger partial charge >= 0.3 is 0 Å². The molecule has 5 heteroatoms. The quantitative estimate of drug-likeness (QED) is 0.584. The molecule has 0 spiro atoms. The summed E-state index contributed by atoms with van der Waals surface area (Å²) in [7, 11) is 0. The van der Waals surface area contributed by atoms with Crippen molar-refractivity contribution in [2.45, 2.75) is 77.3 Å². The van der Waals surface area contributed by atoms with Crippen LogP contribution in [0.4, 0.5) is 0 Å². The van der Waals surface area contributed by atoms with Crippen molar-refractivity contribution in [1.29, 1.82) is 0 Å². The standard InChI is InChI=1S/C26H34N4O/c1-15(2)24-25(19-11-16(3)27-17(4)12-19)30-23-10-9-22(29-26(23)24)18-5-7-20(8-6-18)28-21-13-31-14-21/h9-12,15,18,20-21,28,30H,5-8,13-14H2,1-4H3. The maximum Gasteiger partial charge on any atom is 0.0923 e. The van der Waals surface area contributed by atoms with Crippen molar-refractivity contribution < 1.29 is 4.74 Å². The molecule has 1 aliphatic heterocycles. The highest BCUT2D eigenvalue weighted by Gasteiger charge is 2.28. The van der Waals surface area contributed by atoms with Gasteiger partial charge in [-0.1, -0.05) is 13.8 Å². The van der Waals surface area contributed by atoms with Crippen LogP contribution in [-0.2, 0) is 4.74 Å². The maximum atomic E-state index is 5.31. The van der Waals surface area contributed by atoms with Gasteiger partial charge in [0.15, 0.2) is 0 Å². The Morgan fingerprint density at radius 3 is 2.29 bits per heavy atom. The summed E-state index contributed by atoms with van der Waals surface area (Å²) in [6, 6.07) is 10.0. The Labute approximate surface area is 185 Å². The lowest BCUT2D eigenvalue weighted by atomic mass is 9.83. The second-order valence-electron chi connectivity index (χ2n) is 9.79. The van der Waals surface area contributed by atoms with Gasteiger partial charge in [0.05, 0.1) is 36.0 Å². The minimum Gasteiger partial charge on any atom is -0.378 e. The van der Waals surface area contributed by atoms with Gasteiger partial charge < -0.3 is 15.0 Å². The Hall–Kier alpha value is -2.24.